The SMILES string of the molecule is CCc1cccnc1CNCc1c(C)nc2sccn12. The van der Waals surface area contributed by atoms with Crippen LogP contribution >= 0.6 is 11.3 Å². The molecular weight excluding hydrogens is 268 g/mol. The minimum atomic E-state index is 0.792. The minimum Gasteiger partial charge on any atom is -0.305 e. The molecule has 0 fully saturated rings. The standard InChI is InChI=1S/C15H18N4S/c1-3-12-5-4-6-17-13(12)9-16-10-14-11(2)18-15-19(14)7-8-20-15/h4-8,16H,3,9-10H2,1-2H3. The molecule has 0 bridgehead atoms. The topological polar surface area (TPSA) is 42.2 Å². The summed E-state index contributed by atoms with van der Waals surface area (Å²) in [5, 5.41) is 5.55. The van der Waals surface area contributed by atoms with Gasteiger partial charge in [0.1, 0.15) is 0 Å². The Hall–Kier alpha value is -1.72. The van der Waals surface area contributed by atoms with Crippen molar-refractivity contribution in [1.29, 1.82) is 0 Å². The van der Waals surface area contributed by atoms with E-state index < -0.39 is 0 Å². The number of hydrogen-bond acceptors (Lipinski definition) is 4. The molecular formula is C15H18N4S. The maximum absolute atomic E-state index is 4.56. The van der Waals surface area contributed by atoms with E-state index in [-0.39, 0.29) is 0 Å². The van der Waals surface area contributed by atoms with Crippen LogP contribution in [0.5, 0.6) is 0 Å². The van der Waals surface area contributed by atoms with Crippen molar-refractivity contribution in [3.63, 3.8) is 0 Å². The summed E-state index contributed by atoms with van der Waals surface area (Å²) in [5.41, 5.74) is 4.78. The first kappa shape index (κ1) is 13.3. The van der Waals surface area contributed by atoms with Crippen molar-refractivity contribution < 1.29 is 0 Å². The van der Waals surface area contributed by atoms with Crippen molar-refractivity contribution >= 4 is 16.3 Å². The number of imidazole rings is 1. The zero-order valence-corrected chi connectivity index (χ0v) is 12.6. The average Bonchev–Trinajstić information content (AvgIpc) is 3.02. The van der Waals surface area contributed by atoms with Crippen molar-refractivity contribution in [2.24, 2.45) is 0 Å². The molecule has 104 valence electrons. The van der Waals surface area contributed by atoms with Crippen LogP contribution in [0.4, 0.5) is 0 Å². The van der Waals surface area contributed by atoms with Gasteiger partial charge in [-0.1, -0.05) is 13.0 Å². The van der Waals surface area contributed by atoms with Gasteiger partial charge in [0.25, 0.3) is 0 Å². The first-order chi connectivity index (χ1) is 9.79. The lowest BCUT2D eigenvalue weighted by Crippen LogP contribution is -2.16. The van der Waals surface area contributed by atoms with Crippen LogP contribution < -0.4 is 5.32 Å². The first-order valence-electron chi connectivity index (χ1n) is 6.84. The lowest BCUT2D eigenvalue weighted by atomic mass is 10.1. The maximum Gasteiger partial charge on any atom is 0.194 e. The zero-order chi connectivity index (χ0) is 13.9. The summed E-state index contributed by atoms with van der Waals surface area (Å²) in [7, 11) is 0. The Labute approximate surface area is 122 Å². The fourth-order valence-electron chi connectivity index (χ4n) is 2.41. The van der Waals surface area contributed by atoms with Gasteiger partial charge in [0.2, 0.25) is 0 Å². The van der Waals surface area contributed by atoms with Gasteiger partial charge in [-0.05, 0) is 25.0 Å². The highest BCUT2D eigenvalue weighted by atomic mass is 32.1. The van der Waals surface area contributed by atoms with Crippen LogP contribution in [-0.2, 0) is 19.5 Å². The molecule has 0 aliphatic carbocycles. The van der Waals surface area contributed by atoms with Gasteiger partial charge < -0.3 is 5.32 Å². The average molecular weight is 286 g/mol. The molecule has 3 aromatic rings. The molecule has 0 amide bonds. The second-order valence-electron chi connectivity index (χ2n) is 4.77. The summed E-state index contributed by atoms with van der Waals surface area (Å²) in [6.07, 6.45) is 4.96. The number of aryl methyl sites for hydroxylation is 2. The van der Waals surface area contributed by atoms with E-state index >= 15 is 0 Å². The molecule has 0 aliphatic heterocycles. The summed E-state index contributed by atoms with van der Waals surface area (Å²) in [6.45, 7) is 5.83. The molecule has 5 heteroatoms. The smallest absolute Gasteiger partial charge is 0.194 e. The van der Waals surface area contributed by atoms with E-state index in [1.54, 1.807) is 11.3 Å². The molecule has 3 heterocycles. The molecule has 4 nitrogen and oxygen atoms in total. The number of pyridine rings is 1. The zero-order valence-electron chi connectivity index (χ0n) is 11.8. The van der Waals surface area contributed by atoms with Gasteiger partial charge in [0, 0.05) is 30.9 Å². The quantitative estimate of drug-likeness (QED) is 0.784. The normalized spacial score (nSPS) is 11.3. The molecule has 0 aromatic carbocycles. The Morgan fingerprint density at radius 1 is 1.35 bits per heavy atom. The van der Waals surface area contributed by atoms with Gasteiger partial charge in [-0.15, -0.1) is 11.3 Å². The molecule has 0 unspecified atom stereocenters. The predicted molar refractivity (Wildman–Crippen MR) is 82.0 cm³/mol. The molecule has 0 aliphatic rings. The highest BCUT2D eigenvalue weighted by Crippen LogP contribution is 2.16. The summed E-state index contributed by atoms with van der Waals surface area (Å²) in [6, 6.07) is 4.14. The first-order valence-corrected chi connectivity index (χ1v) is 7.72. The number of hydrogen-bond donors (Lipinski definition) is 1. The van der Waals surface area contributed by atoms with Gasteiger partial charge in [0.05, 0.1) is 17.1 Å². The lowest BCUT2D eigenvalue weighted by Gasteiger charge is -2.08. The molecule has 3 rings (SSSR count). The number of fused-ring (bicyclic) bond motifs is 1. The molecule has 0 spiro atoms. The third-order valence-corrected chi connectivity index (χ3v) is 4.27. The van der Waals surface area contributed by atoms with E-state index in [4.69, 9.17) is 0 Å². The van der Waals surface area contributed by atoms with E-state index in [9.17, 15) is 0 Å². The molecule has 0 saturated carbocycles. The van der Waals surface area contributed by atoms with E-state index in [1.165, 1.54) is 11.3 Å². The molecule has 0 saturated heterocycles. The van der Waals surface area contributed by atoms with E-state index in [2.05, 4.69) is 51.2 Å². The van der Waals surface area contributed by atoms with Gasteiger partial charge in [0.15, 0.2) is 4.96 Å². The number of thiazole rings is 1. The summed E-state index contributed by atoms with van der Waals surface area (Å²) in [4.78, 5) is 10.1. The fourth-order valence-corrected chi connectivity index (χ4v) is 3.18. The van der Waals surface area contributed by atoms with Crippen LogP contribution in [0.1, 0.15) is 29.6 Å². The molecule has 0 atom stereocenters. The number of nitrogens with one attached hydrogen (secondary N) is 1. The van der Waals surface area contributed by atoms with Crippen molar-refractivity contribution in [3.8, 4) is 0 Å². The van der Waals surface area contributed by atoms with Crippen molar-refractivity contribution in [1.82, 2.24) is 19.7 Å². The van der Waals surface area contributed by atoms with Crippen LogP contribution in [0.15, 0.2) is 29.9 Å². The van der Waals surface area contributed by atoms with E-state index in [0.29, 0.717) is 0 Å². The third kappa shape index (κ3) is 2.46. The van der Waals surface area contributed by atoms with Crippen LogP contribution in [0.25, 0.3) is 4.96 Å². The Balaban J connectivity index is 1.71. The summed E-state index contributed by atoms with van der Waals surface area (Å²) in [5.74, 6) is 0. The van der Waals surface area contributed by atoms with Gasteiger partial charge in [-0.25, -0.2) is 4.98 Å². The Morgan fingerprint density at radius 3 is 3.10 bits per heavy atom. The Kier molecular flexibility index (Phi) is 3.80. The molecule has 0 radical (unpaired) electrons. The van der Waals surface area contributed by atoms with E-state index in [1.807, 2.05) is 12.3 Å². The highest BCUT2D eigenvalue weighted by Gasteiger charge is 2.09. The molecule has 3 aromatic heterocycles. The fraction of sp³-hybridized carbons (Fsp3) is 0.333. The van der Waals surface area contributed by atoms with Gasteiger partial charge in [-0.3, -0.25) is 9.38 Å². The second-order valence-corrected chi connectivity index (χ2v) is 5.64. The van der Waals surface area contributed by atoms with Crippen molar-refractivity contribution in [3.05, 3.63) is 52.6 Å². The highest BCUT2D eigenvalue weighted by molar-refractivity contribution is 7.15. The summed E-state index contributed by atoms with van der Waals surface area (Å²) >= 11 is 1.67. The summed E-state index contributed by atoms with van der Waals surface area (Å²) < 4.78 is 2.16. The van der Waals surface area contributed by atoms with Crippen LogP contribution in [0.2, 0.25) is 0 Å². The second kappa shape index (κ2) is 5.73. The molecule has 20 heavy (non-hydrogen) atoms. The monoisotopic (exact) mass is 286 g/mol. The number of aromatic nitrogens is 3. The molecule has 1 N–H and O–H groups in total. The van der Waals surface area contributed by atoms with Crippen molar-refractivity contribution in [2.45, 2.75) is 33.4 Å². The lowest BCUT2D eigenvalue weighted by molar-refractivity contribution is 0.656. The Bertz CT molecular complexity index is 714. The van der Waals surface area contributed by atoms with Gasteiger partial charge in [-0.2, -0.15) is 0 Å². The van der Waals surface area contributed by atoms with Crippen LogP contribution in [0.3, 0.4) is 0 Å². The largest absolute Gasteiger partial charge is 0.305 e. The van der Waals surface area contributed by atoms with Crippen LogP contribution in [-0.4, -0.2) is 14.4 Å². The third-order valence-electron chi connectivity index (χ3n) is 3.51. The van der Waals surface area contributed by atoms with Gasteiger partial charge >= 0.3 is 0 Å². The predicted octanol–water partition coefficient (Wildman–Crippen LogP) is 2.95. The van der Waals surface area contributed by atoms with Crippen molar-refractivity contribution in [2.75, 3.05) is 0 Å². The minimum absolute atomic E-state index is 0.792. The Morgan fingerprint density at radius 2 is 2.25 bits per heavy atom. The number of nitrogens with zero attached hydrogens (tertiary/aromatic N) is 3. The van der Waals surface area contributed by atoms with Crippen LogP contribution in [0, 0.1) is 6.92 Å². The van der Waals surface area contributed by atoms with E-state index in [0.717, 1.165) is 35.9 Å². The number of rotatable bonds is 5. The maximum atomic E-state index is 4.56.